The molecule has 2 saturated heterocycles. The average molecular weight is 283 g/mol. The second-order valence-electron chi connectivity index (χ2n) is 7.97. The predicted octanol–water partition coefficient (Wildman–Crippen LogP) is 3.41. The Morgan fingerprint density at radius 1 is 1.42 bits per heavy atom. The first kappa shape index (κ1) is 15.0. The summed E-state index contributed by atoms with van der Waals surface area (Å²) in [4.78, 5) is 14.3. The summed E-state index contributed by atoms with van der Waals surface area (Å²) in [5.41, 5.74) is 0.0199. The molecule has 2 rings (SSSR count). The smallest absolute Gasteiger partial charge is 0.226 e. The van der Waals surface area contributed by atoms with E-state index in [1.807, 2.05) is 0 Å². The van der Waals surface area contributed by atoms with E-state index in [1.54, 1.807) is 0 Å². The van der Waals surface area contributed by atoms with E-state index in [-0.39, 0.29) is 16.5 Å². The van der Waals surface area contributed by atoms with E-state index in [4.69, 9.17) is 4.43 Å². The van der Waals surface area contributed by atoms with Crippen LogP contribution in [-0.4, -0.2) is 37.8 Å². The largest absolute Gasteiger partial charge is 0.414 e. The zero-order valence-corrected chi connectivity index (χ0v) is 14.4. The van der Waals surface area contributed by atoms with E-state index in [0.29, 0.717) is 5.91 Å². The van der Waals surface area contributed by atoms with Crippen molar-refractivity contribution in [2.24, 2.45) is 5.92 Å². The average Bonchev–Trinajstić information content (AvgIpc) is 2.76. The number of hydrogen-bond donors (Lipinski definition) is 0. The minimum atomic E-state index is -1.72. The number of amides is 1. The summed E-state index contributed by atoms with van der Waals surface area (Å²) in [5, 5.41) is 0.237. The van der Waals surface area contributed by atoms with Crippen LogP contribution in [0.25, 0.3) is 0 Å². The third-order valence-corrected chi connectivity index (χ3v) is 9.96. The molecule has 3 nitrogen and oxygen atoms in total. The molecule has 0 spiro atoms. The summed E-state index contributed by atoms with van der Waals surface area (Å²) in [6, 6.07) is 0. The second-order valence-corrected chi connectivity index (χ2v) is 12.8. The van der Waals surface area contributed by atoms with Gasteiger partial charge in [0.25, 0.3) is 0 Å². The highest BCUT2D eigenvalue weighted by molar-refractivity contribution is 6.74. The molecular weight excluding hydrogens is 254 g/mol. The van der Waals surface area contributed by atoms with Crippen LogP contribution < -0.4 is 0 Å². The number of fused-ring (bicyclic) bond motifs is 1. The van der Waals surface area contributed by atoms with Crippen LogP contribution >= 0.6 is 0 Å². The normalized spacial score (nSPS) is 32.0. The predicted molar refractivity (Wildman–Crippen MR) is 80.6 cm³/mol. The Morgan fingerprint density at radius 2 is 2.05 bits per heavy atom. The van der Waals surface area contributed by atoms with Crippen molar-refractivity contribution in [3.05, 3.63) is 0 Å². The molecule has 0 bridgehead atoms. The number of nitrogens with zero attached hydrogens (tertiary/aromatic N) is 1. The maximum absolute atomic E-state index is 12.2. The number of hydrogen-bond acceptors (Lipinski definition) is 2. The summed E-state index contributed by atoms with van der Waals surface area (Å²) >= 11 is 0. The zero-order valence-electron chi connectivity index (χ0n) is 13.4. The van der Waals surface area contributed by atoms with E-state index in [0.717, 1.165) is 32.4 Å². The topological polar surface area (TPSA) is 29.5 Å². The lowest BCUT2D eigenvalue weighted by Gasteiger charge is -2.40. The molecule has 0 aromatic rings. The molecule has 1 amide bonds. The molecule has 2 fully saturated rings. The van der Waals surface area contributed by atoms with E-state index >= 15 is 0 Å². The van der Waals surface area contributed by atoms with Crippen LogP contribution in [0.4, 0.5) is 0 Å². The number of rotatable bonds is 3. The summed E-state index contributed by atoms with van der Waals surface area (Å²) in [6.45, 7) is 15.1. The van der Waals surface area contributed by atoms with Gasteiger partial charge in [-0.15, -0.1) is 0 Å². The molecule has 0 aromatic heterocycles. The minimum absolute atomic E-state index is 0.0199. The lowest BCUT2D eigenvalue weighted by Crippen LogP contribution is -2.50. The molecule has 4 heteroatoms. The molecule has 2 atom stereocenters. The van der Waals surface area contributed by atoms with Crippen LogP contribution in [0.5, 0.6) is 0 Å². The van der Waals surface area contributed by atoms with Gasteiger partial charge in [-0.3, -0.25) is 4.79 Å². The fraction of sp³-hybridized carbons (Fsp3) is 0.933. The molecule has 19 heavy (non-hydrogen) atoms. The van der Waals surface area contributed by atoms with Crippen molar-refractivity contribution >= 4 is 14.2 Å². The van der Waals surface area contributed by atoms with Crippen LogP contribution in [0, 0.1) is 5.92 Å². The Bertz CT molecular complexity index is 375. The molecule has 2 aliphatic rings. The highest BCUT2D eigenvalue weighted by Crippen LogP contribution is 2.44. The maximum Gasteiger partial charge on any atom is 0.226 e. The van der Waals surface area contributed by atoms with Crippen molar-refractivity contribution in [1.29, 1.82) is 0 Å². The van der Waals surface area contributed by atoms with Crippen molar-refractivity contribution in [1.82, 2.24) is 4.90 Å². The van der Waals surface area contributed by atoms with Crippen molar-refractivity contribution in [3.63, 3.8) is 0 Å². The Morgan fingerprint density at radius 3 is 2.63 bits per heavy atom. The Kier molecular flexibility index (Phi) is 3.63. The second kappa shape index (κ2) is 4.59. The Hall–Kier alpha value is -0.353. The highest BCUT2D eigenvalue weighted by atomic mass is 28.4. The Labute approximate surface area is 118 Å². The number of carbonyl (C=O) groups excluding carboxylic acids is 1. The molecule has 0 N–H and O–H groups in total. The number of carbonyl (C=O) groups is 1. The molecule has 0 aliphatic carbocycles. The summed E-state index contributed by atoms with van der Waals surface area (Å²) in [7, 11) is -1.72. The first-order chi connectivity index (χ1) is 8.59. The van der Waals surface area contributed by atoms with Gasteiger partial charge in [0.15, 0.2) is 8.32 Å². The summed E-state index contributed by atoms with van der Waals surface area (Å²) < 4.78 is 6.42. The van der Waals surface area contributed by atoms with Crippen LogP contribution in [0.2, 0.25) is 18.1 Å². The maximum atomic E-state index is 12.2. The molecule has 2 heterocycles. The van der Waals surface area contributed by atoms with Gasteiger partial charge in [0.05, 0.1) is 12.1 Å². The fourth-order valence-electron chi connectivity index (χ4n) is 3.16. The highest BCUT2D eigenvalue weighted by Gasteiger charge is 2.53. The monoisotopic (exact) mass is 283 g/mol. The van der Waals surface area contributed by atoms with E-state index in [9.17, 15) is 4.79 Å². The van der Waals surface area contributed by atoms with Crippen molar-refractivity contribution in [2.75, 3.05) is 13.2 Å². The molecule has 0 aromatic carbocycles. The standard InChI is InChI=1S/C15H29NO2Si/c1-12-10-15(8-7-9-16(15)13(12)17)11-18-19(5,6)14(2,3)4/h12H,7-11H2,1-6H3. The fourth-order valence-corrected chi connectivity index (χ4v) is 4.22. The van der Waals surface area contributed by atoms with Gasteiger partial charge in [-0.1, -0.05) is 27.7 Å². The van der Waals surface area contributed by atoms with E-state index < -0.39 is 8.32 Å². The van der Waals surface area contributed by atoms with Gasteiger partial charge in [0.1, 0.15) is 0 Å². The summed E-state index contributed by atoms with van der Waals surface area (Å²) in [6.07, 6.45) is 3.25. The van der Waals surface area contributed by atoms with Crippen molar-refractivity contribution in [2.45, 2.75) is 70.6 Å². The molecule has 0 radical (unpaired) electrons. The third kappa shape index (κ3) is 2.49. The van der Waals surface area contributed by atoms with Gasteiger partial charge >= 0.3 is 0 Å². The quantitative estimate of drug-likeness (QED) is 0.743. The van der Waals surface area contributed by atoms with Crippen LogP contribution in [0.1, 0.15) is 47.0 Å². The zero-order chi connectivity index (χ0) is 14.5. The van der Waals surface area contributed by atoms with Gasteiger partial charge in [-0.2, -0.15) is 0 Å². The summed E-state index contributed by atoms with van der Waals surface area (Å²) in [5.74, 6) is 0.527. The minimum Gasteiger partial charge on any atom is -0.414 e. The lowest BCUT2D eigenvalue weighted by atomic mass is 9.92. The van der Waals surface area contributed by atoms with Gasteiger partial charge in [0.2, 0.25) is 5.91 Å². The van der Waals surface area contributed by atoms with Crippen molar-refractivity contribution < 1.29 is 9.22 Å². The SMILES string of the molecule is CC1CC2(CO[Si](C)(C)C(C)(C)C)CCCN2C1=O. The van der Waals surface area contributed by atoms with Crippen LogP contribution in [0.15, 0.2) is 0 Å². The molecule has 2 aliphatic heterocycles. The van der Waals surface area contributed by atoms with E-state index in [1.165, 1.54) is 0 Å². The van der Waals surface area contributed by atoms with Gasteiger partial charge in [0, 0.05) is 12.5 Å². The lowest BCUT2D eigenvalue weighted by molar-refractivity contribution is -0.132. The van der Waals surface area contributed by atoms with Gasteiger partial charge in [-0.05, 0) is 37.4 Å². The van der Waals surface area contributed by atoms with Gasteiger partial charge < -0.3 is 9.33 Å². The van der Waals surface area contributed by atoms with E-state index in [2.05, 4.69) is 45.7 Å². The molecular formula is C15H29NO2Si. The molecule has 110 valence electrons. The molecule has 0 saturated carbocycles. The first-order valence-electron chi connectivity index (χ1n) is 7.55. The molecule has 2 unspecified atom stereocenters. The van der Waals surface area contributed by atoms with Crippen molar-refractivity contribution in [3.8, 4) is 0 Å². The van der Waals surface area contributed by atoms with Gasteiger partial charge in [-0.25, -0.2) is 0 Å². The third-order valence-electron chi connectivity index (χ3n) is 5.48. The van der Waals surface area contributed by atoms with Crippen LogP contribution in [0.3, 0.4) is 0 Å². The van der Waals surface area contributed by atoms with Crippen LogP contribution in [-0.2, 0) is 9.22 Å². The Balaban J connectivity index is 2.09. The first-order valence-corrected chi connectivity index (χ1v) is 10.5.